The first kappa shape index (κ1) is 18.3. The van der Waals surface area contributed by atoms with Gasteiger partial charge >= 0.3 is 17.1 Å². The number of carbonyl (C=O) groups excluding carboxylic acids is 1. The second kappa shape index (κ2) is 7.26. The van der Waals surface area contributed by atoms with Crippen molar-refractivity contribution >= 4 is 22.7 Å². The van der Waals surface area contributed by atoms with Crippen LogP contribution >= 0.6 is 0 Å². The number of benzene rings is 1. The molecule has 0 bridgehead atoms. The van der Waals surface area contributed by atoms with Crippen LogP contribution in [0.5, 0.6) is 0 Å². The number of hydrogen-bond acceptors (Lipinski definition) is 7. The van der Waals surface area contributed by atoms with E-state index in [4.69, 9.17) is 4.74 Å². The van der Waals surface area contributed by atoms with Crippen molar-refractivity contribution in [1.82, 2.24) is 15.3 Å². The Kier molecular flexibility index (Phi) is 5.32. The fraction of sp³-hybridized carbons (Fsp3) is 0.400. The van der Waals surface area contributed by atoms with Crippen molar-refractivity contribution in [3.8, 4) is 0 Å². The zero-order valence-electron chi connectivity index (χ0n) is 13.9. The number of rotatable bonds is 6. The van der Waals surface area contributed by atoms with E-state index in [9.17, 15) is 24.5 Å². The summed E-state index contributed by atoms with van der Waals surface area (Å²) in [5.41, 5.74) is -1.19. The van der Waals surface area contributed by atoms with E-state index in [1.54, 1.807) is 0 Å². The first-order valence-electron chi connectivity index (χ1n) is 7.53. The minimum atomic E-state index is -0.896. The molecule has 0 saturated heterocycles. The van der Waals surface area contributed by atoms with Crippen LogP contribution in [0.2, 0.25) is 0 Å². The summed E-state index contributed by atoms with van der Waals surface area (Å²) in [6, 6.07) is 2.46. The number of H-pyrrole nitrogens is 2. The molecule has 10 heteroatoms. The van der Waals surface area contributed by atoms with Crippen LogP contribution in [0.1, 0.15) is 26.3 Å². The molecule has 0 amide bonds. The van der Waals surface area contributed by atoms with Crippen LogP contribution in [0.25, 0.3) is 11.0 Å². The molecule has 25 heavy (non-hydrogen) atoms. The molecule has 3 N–H and O–H groups in total. The van der Waals surface area contributed by atoms with Gasteiger partial charge in [0.15, 0.2) is 6.23 Å². The molecule has 1 aromatic carbocycles. The highest BCUT2D eigenvalue weighted by Gasteiger charge is 2.18. The topological polar surface area (TPSA) is 147 Å². The third kappa shape index (κ3) is 4.29. The Labute approximate surface area is 141 Å². The van der Waals surface area contributed by atoms with Crippen molar-refractivity contribution < 1.29 is 14.5 Å². The number of ether oxygens (including phenoxy) is 1. The van der Waals surface area contributed by atoms with Gasteiger partial charge in [-0.2, -0.15) is 0 Å². The summed E-state index contributed by atoms with van der Waals surface area (Å²) in [6.07, 6.45) is -0.610. The highest BCUT2D eigenvalue weighted by molar-refractivity contribution is 5.80. The first-order valence-corrected chi connectivity index (χ1v) is 7.53. The van der Waals surface area contributed by atoms with Crippen LogP contribution in [0, 0.1) is 16.0 Å². The van der Waals surface area contributed by atoms with Crippen molar-refractivity contribution in [1.29, 1.82) is 0 Å². The minimum absolute atomic E-state index is 0.0484. The van der Waals surface area contributed by atoms with E-state index in [-0.39, 0.29) is 29.2 Å². The monoisotopic (exact) mass is 350 g/mol. The Morgan fingerprint density at radius 1 is 1.28 bits per heavy atom. The molecule has 1 aromatic heterocycles. The maximum Gasteiger partial charge on any atom is 0.314 e. The molecule has 0 aliphatic rings. The highest BCUT2D eigenvalue weighted by atomic mass is 16.6. The third-order valence-electron chi connectivity index (χ3n) is 3.50. The van der Waals surface area contributed by atoms with E-state index in [0.717, 1.165) is 0 Å². The molecular weight excluding hydrogens is 332 g/mol. The van der Waals surface area contributed by atoms with E-state index < -0.39 is 28.2 Å². The molecule has 1 atom stereocenters. The number of nitro groups is 1. The summed E-state index contributed by atoms with van der Waals surface area (Å²) in [4.78, 5) is 49.4. The van der Waals surface area contributed by atoms with E-state index >= 15 is 0 Å². The molecule has 1 heterocycles. The second-order valence-corrected chi connectivity index (χ2v) is 5.85. The molecule has 2 aromatic rings. The molecule has 0 aliphatic heterocycles. The lowest BCUT2D eigenvalue weighted by Crippen LogP contribution is -2.37. The molecule has 0 aliphatic carbocycles. The number of nitrogens with one attached hydrogen (secondary N) is 3. The predicted molar refractivity (Wildman–Crippen MR) is 89.1 cm³/mol. The molecule has 0 saturated carbocycles. The first-order chi connectivity index (χ1) is 11.7. The second-order valence-electron chi connectivity index (χ2n) is 5.85. The van der Waals surface area contributed by atoms with Gasteiger partial charge in [-0.3, -0.25) is 29.8 Å². The summed E-state index contributed by atoms with van der Waals surface area (Å²) in [5.74, 6) is -0.513. The van der Waals surface area contributed by atoms with Crippen molar-refractivity contribution in [3.63, 3.8) is 0 Å². The standard InChI is InChI=1S/C15H18N4O6/c1-7(2)15(25-8(3)20)16-6-9-4-10(19(23)24)5-11-12(9)18-14(22)13(21)17-11/h4-5,7,15-16H,6H2,1-3H3,(H,17,21)(H,18,22). The summed E-state index contributed by atoms with van der Waals surface area (Å²) in [6.45, 7) is 5.04. The molecule has 134 valence electrons. The minimum Gasteiger partial charge on any atom is -0.446 e. The Morgan fingerprint density at radius 2 is 1.92 bits per heavy atom. The zero-order chi connectivity index (χ0) is 18.7. The maximum atomic E-state index is 11.6. The number of esters is 1. The average Bonchev–Trinajstić information content (AvgIpc) is 2.51. The molecular formula is C15H18N4O6. The highest BCUT2D eigenvalue weighted by Crippen LogP contribution is 2.21. The van der Waals surface area contributed by atoms with Crippen molar-refractivity contribution in [2.24, 2.45) is 5.92 Å². The number of fused-ring (bicyclic) bond motifs is 1. The SMILES string of the molecule is CC(=O)OC(NCc1cc([N+](=O)[O-])cc2[nH]c(=O)c(=O)[nH]c12)C(C)C. The molecule has 1 unspecified atom stereocenters. The van der Waals surface area contributed by atoms with Gasteiger partial charge in [-0.05, 0) is 5.56 Å². The van der Waals surface area contributed by atoms with Crippen LogP contribution < -0.4 is 16.4 Å². The van der Waals surface area contributed by atoms with Gasteiger partial charge in [0.2, 0.25) is 0 Å². The molecule has 0 spiro atoms. The summed E-state index contributed by atoms with van der Waals surface area (Å²) in [5, 5.41) is 14.1. The summed E-state index contributed by atoms with van der Waals surface area (Å²) >= 11 is 0. The van der Waals surface area contributed by atoms with Crippen LogP contribution in [-0.4, -0.2) is 27.1 Å². The van der Waals surface area contributed by atoms with E-state index in [1.807, 2.05) is 13.8 Å². The van der Waals surface area contributed by atoms with Gasteiger partial charge in [0.1, 0.15) is 0 Å². The average molecular weight is 350 g/mol. The lowest BCUT2D eigenvalue weighted by molar-refractivity contribution is -0.384. The fourth-order valence-corrected chi connectivity index (χ4v) is 2.33. The predicted octanol–water partition coefficient (Wildman–Crippen LogP) is 0.759. The van der Waals surface area contributed by atoms with Gasteiger partial charge < -0.3 is 14.7 Å². The smallest absolute Gasteiger partial charge is 0.314 e. The van der Waals surface area contributed by atoms with Crippen molar-refractivity contribution in [3.05, 3.63) is 48.5 Å². The maximum absolute atomic E-state index is 11.6. The van der Waals surface area contributed by atoms with Gasteiger partial charge in [-0.1, -0.05) is 13.8 Å². The van der Waals surface area contributed by atoms with Gasteiger partial charge in [0.25, 0.3) is 5.69 Å². The molecule has 0 fully saturated rings. The Morgan fingerprint density at radius 3 is 2.48 bits per heavy atom. The number of nitro benzene ring substituents is 1. The van der Waals surface area contributed by atoms with Crippen LogP contribution in [0.3, 0.4) is 0 Å². The van der Waals surface area contributed by atoms with Crippen molar-refractivity contribution in [2.75, 3.05) is 0 Å². The molecule has 10 nitrogen and oxygen atoms in total. The van der Waals surface area contributed by atoms with Crippen LogP contribution in [0.15, 0.2) is 21.7 Å². The van der Waals surface area contributed by atoms with Crippen molar-refractivity contribution in [2.45, 2.75) is 33.5 Å². The van der Waals surface area contributed by atoms with Gasteiger partial charge in [-0.25, -0.2) is 0 Å². The third-order valence-corrected chi connectivity index (χ3v) is 3.50. The lowest BCUT2D eigenvalue weighted by Gasteiger charge is -2.22. The van der Waals surface area contributed by atoms with Crippen LogP contribution in [0.4, 0.5) is 5.69 Å². The molecule has 2 rings (SSSR count). The van der Waals surface area contributed by atoms with Gasteiger partial charge in [0.05, 0.1) is 16.0 Å². The molecule has 0 radical (unpaired) electrons. The number of carbonyl (C=O) groups is 1. The quantitative estimate of drug-likeness (QED) is 0.229. The fourth-order valence-electron chi connectivity index (χ4n) is 2.33. The Balaban J connectivity index is 2.46. The summed E-state index contributed by atoms with van der Waals surface area (Å²) in [7, 11) is 0. The van der Waals surface area contributed by atoms with Gasteiger partial charge in [0, 0.05) is 31.5 Å². The normalized spacial score (nSPS) is 12.3. The number of hydrogen-bond donors (Lipinski definition) is 3. The zero-order valence-corrected chi connectivity index (χ0v) is 13.9. The largest absolute Gasteiger partial charge is 0.446 e. The van der Waals surface area contributed by atoms with E-state index in [2.05, 4.69) is 15.3 Å². The van der Waals surface area contributed by atoms with Gasteiger partial charge in [-0.15, -0.1) is 0 Å². The lowest BCUT2D eigenvalue weighted by atomic mass is 10.1. The Bertz CT molecular complexity index is 930. The van der Waals surface area contributed by atoms with Crippen LogP contribution in [-0.2, 0) is 16.1 Å². The van der Waals surface area contributed by atoms with E-state index in [1.165, 1.54) is 19.1 Å². The summed E-state index contributed by atoms with van der Waals surface area (Å²) < 4.78 is 5.15. The number of nitrogens with zero attached hydrogens (tertiary/aromatic N) is 1. The number of aromatic amines is 2. The number of non-ortho nitro benzene ring substituents is 1. The number of aromatic nitrogens is 2. The Hall–Kier alpha value is -3.01. The van der Waals surface area contributed by atoms with E-state index in [0.29, 0.717) is 5.56 Å².